The van der Waals surface area contributed by atoms with Crippen molar-refractivity contribution in [3.8, 4) is 17.2 Å². The molecule has 0 saturated heterocycles. The standard InChI is InChI=1S/C26H21F3N4O5S/c1-2-37-21-11-15(7-9-20(21)38-19-10-8-16(26(27,28)29)12-18(19)33(35)36)13-31-32-14-30-24-23(25(32)34)17-5-3-4-6-22(17)39-24/h7-14H,2-6H2,1H3. The second-order valence-corrected chi connectivity index (χ2v) is 9.79. The molecule has 0 aliphatic heterocycles. The molecule has 0 N–H and O–H groups in total. The van der Waals surface area contributed by atoms with Gasteiger partial charge in [0.15, 0.2) is 11.5 Å². The minimum atomic E-state index is -4.74. The number of hydrogen-bond acceptors (Lipinski definition) is 8. The Kier molecular flexibility index (Phi) is 7.08. The lowest BCUT2D eigenvalue weighted by Crippen LogP contribution is -2.18. The van der Waals surface area contributed by atoms with Crippen LogP contribution in [0.3, 0.4) is 0 Å². The maximum absolute atomic E-state index is 13.1. The molecule has 9 nitrogen and oxygen atoms in total. The third-order valence-corrected chi connectivity index (χ3v) is 7.36. The molecule has 13 heteroatoms. The van der Waals surface area contributed by atoms with Gasteiger partial charge in [0.2, 0.25) is 5.75 Å². The zero-order chi connectivity index (χ0) is 27.7. The van der Waals surface area contributed by atoms with Gasteiger partial charge in [0.25, 0.3) is 5.56 Å². The van der Waals surface area contributed by atoms with E-state index < -0.39 is 22.4 Å². The van der Waals surface area contributed by atoms with Crippen molar-refractivity contribution >= 4 is 33.5 Å². The molecule has 0 atom stereocenters. The number of aryl methyl sites for hydroxylation is 2. The maximum atomic E-state index is 13.1. The Labute approximate surface area is 223 Å². The average Bonchev–Trinajstić information content (AvgIpc) is 3.28. The Morgan fingerprint density at radius 3 is 2.67 bits per heavy atom. The van der Waals surface area contributed by atoms with Gasteiger partial charge in [-0.25, -0.2) is 4.98 Å². The molecular formula is C26H21F3N4O5S. The molecule has 5 rings (SSSR count). The summed E-state index contributed by atoms with van der Waals surface area (Å²) < 4.78 is 51.5. The minimum absolute atomic E-state index is 0.0574. The molecule has 0 saturated carbocycles. The number of alkyl halides is 3. The van der Waals surface area contributed by atoms with Crippen LogP contribution in [0.25, 0.3) is 10.2 Å². The quantitative estimate of drug-likeness (QED) is 0.149. The van der Waals surface area contributed by atoms with E-state index in [1.807, 2.05) is 0 Å². The van der Waals surface area contributed by atoms with Crippen molar-refractivity contribution in [1.29, 1.82) is 0 Å². The first-order valence-electron chi connectivity index (χ1n) is 12.0. The second-order valence-electron chi connectivity index (χ2n) is 8.71. The van der Waals surface area contributed by atoms with E-state index in [0.717, 1.165) is 37.3 Å². The van der Waals surface area contributed by atoms with Crippen molar-refractivity contribution in [3.63, 3.8) is 0 Å². The van der Waals surface area contributed by atoms with Crippen LogP contribution in [0.15, 0.2) is 52.6 Å². The third kappa shape index (κ3) is 5.35. The number of nitro benzene ring substituents is 1. The number of fused-ring (bicyclic) bond motifs is 3. The Hall–Kier alpha value is -4.26. The summed E-state index contributed by atoms with van der Waals surface area (Å²) in [7, 11) is 0. The highest BCUT2D eigenvalue weighted by Gasteiger charge is 2.33. The molecule has 39 heavy (non-hydrogen) atoms. The molecule has 0 fully saturated rings. The summed E-state index contributed by atoms with van der Waals surface area (Å²) in [5.74, 6) is -0.133. The van der Waals surface area contributed by atoms with Crippen LogP contribution in [0.2, 0.25) is 0 Å². The first kappa shape index (κ1) is 26.4. The fourth-order valence-electron chi connectivity index (χ4n) is 4.35. The van der Waals surface area contributed by atoms with Gasteiger partial charge >= 0.3 is 11.9 Å². The van der Waals surface area contributed by atoms with Gasteiger partial charge in [-0.1, -0.05) is 0 Å². The predicted octanol–water partition coefficient (Wildman–Crippen LogP) is 6.34. The number of aromatic nitrogens is 2. The van der Waals surface area contributed by atoms with Gasteiger partial charge in [-0.2, -0.15) is 22.9 Å². The summed E-state index contributed by atoms with van der Waals surface area (Å²) in [5, 5.41) is 16.3. The number of ether oxygens (including phenoxy) is 2. The van der Waals surface area contributed by atoms with Crippen LogP contribution in [0, 0.1) is 10.1 Å². The Morgan fingerprint density at radius 2 is 1.92 bits per heavy atom. The van der Waals surface area contributed by atoms with E-state index in [4.69, 9.17) is 9.47 Å². The molecule has 0 unspecified atom stereocenters. The monoisotopic (exact) mass is 558 g/mol. The molecular weight excluding hydrogens is 537 g/mol. The summed E-state index contributed by atoms with van der Waals surface area (Å²) in [6, 6.07) is 6.58. The number of rotatable bonds is 7. The average molecular weight is 559 g/mol. The number of halogens is 3. The Bertz CT molecular complexity index is 1660. The van der Waals surface area contributed by atoms with Crippen LogP contribution in [-0.2, 0) is 19.0 Å². The lowest BCUT2D eigenvalue weighted by Gasteiger charge is -2.13. The number of thiophene rings is 1. The molecule has 0 radical (unpaired) electrons. The van der Waals surface area contributed by atoms with Crippen LogP contribution in [0.4, 0.5) is 18.9 Å². The van der Waals surface area contributed by atoms with E-state index >= 15 is 0 Å². The molecule has 2 aromatic heterocycles. The highest BCUT2D eigenvalue weighted by atomic mass is 32.1. The molecule has 1 aliphatic rings. The first-order valence-corrected chi connectivity index (χ1v) is 12.8. The van der Waals surface area contributed by atoms with Gasteiger partial charge < -0.3 is 9.47 Å². The smallest absolute Gasteiger partial charge is 0.416 e. The lowest BCUT2D eigenvalue weighted by molar-refractivity contribution is -0.385. The highest BCUT2D eigenvalue weighted by Crippen LogP contribution is 2.40. The minimum Gasteiger partial charge on any atom is -0.490 e. The summed E-state index contributed by atoms with van der Waals surface area (Å²) in [4.78, 5) is 29.9. The first-order chi connectivity index (χ1) is 18.7. The Morgan fingerprint density at radius 1 is 1.15 bits per heavy atom. The molecule has 4 aromatic rings. The number of nitro groups is 1. The molecule has 0 bridgehead atoms. The van der Waals surface area contributed by atoms with Crippen molar-refractivity contribution in [2.24, 2.45) is 5.10 Å². The fraction of sp³-hybridized carbons (Fsp3) is 0.269. The van der Waals surface area contributed by atoms with E-state index in [2.05, 4.69) is 10.1 Å². The van der Waals surface area contributed by atoms with Crippen LogP contribution >= 0.6 is 11.3 Å². The summed E-state index contributed by atoms with van der Waals surface area (Å²) in [5.41, 5.74) is -0.678. The zero-order valence-electron chi connectivity index (χ0n) is 20.5. The van der Waals surface area contributed by atoms with Crippen LogP contribution < -0.4 is 15.0 Å². The molecule has 2 heterocycles. The number of benzene rings is 2. The van der Waals surface area contributed by atoms with Gasteiger partial charge in [0, 0.05) is 10.9 Å². The van der Waals surface area contributed by atoms with E-state index in [-0.39, 0.29) is 29.4 Å². The van der Waals surface area contributed by atoms with Crippen molar-refractivity contribution in [3.05, 3.63) is 84.8 Å². The van der Waals surface area contributed by atoms with Crippen molar-refractivity contribution in [1.82, 2.24) is 9.66 Å². The summed E-state index contributed by atoms with van der Waals surface area (Å²) in [6.45, 7) is 1.93. The van der Waals surface area contributed by atoms with E-state index in [1.54, 1.807) is 30.4 Å². The number of nitrogens with zero attached hydrogens (tertiary/aromatic N) is 4. The highest BCUT2D eigenvalue weighted by molar-refractivity contribution is 7.18. The molecule has 202 valence electrons. The topological polar surface area (TPSA) is 109 Å². The largest absolute Gasteiger partial charge is 0.490 e. The van der Waals surface area contributed by atoms with Gasteiger partial charge in [-0.3, -0.25) is 14.9 Å². The third-order valence-electron chi connectivity index (χ3n) is 6.16. The van der Waals surface area contributed by atoms with Crippen molar-refractivity contribution in [2.75, 3.05) is 6.61 Å². The Balaban J connectivity index is 1.45. The van der Waals surface area contributed by atoms with Crippen LogP contribution in [0.1, 0.15) is 41.3 Å². The molecule has 1 aliphatic carbocycles. The summed E-state index contributed by atoms with van der Waals surface area (Å²) in [6.07, 6.45) is 1.97. The van der Waals surface area contributed by atoms with Gasteiger partial charge in [0.05, 0.1) is 28.7 Å². The van der Waals surface area contributed by atoms with Crippen LogP contribution in [0.5, 0.6) is 17.2 Å². The maximum Gasteiger partial charge on any atom is 0.416 e. The van der Waals surface area contributed by atoms with E-state index in [9.17, 15) is 28.1 Å². The second kappa shape index (κ2) is 10.5. The number of hydrogen-bond donors (Lipinski definition) is 0. The van der Waals surface area contributed by atoms with Crippen molar-refractivity contribution < 1.29 is 27.6 Å². The zero-order valence-corrected chi connectivity index (χ0v) is 21.3. The lowest BCUT2D eigenvalue weighted by atomic mass is 9.97. The molecule has 0 amide bonds. The predicted molar refractivity (Wildman–Crippen MR) is 139 cm³/mol. The van der Waals surface area contributed by atoms with Gasteiger partial charge in [0.1, 0.15) is 11.2 Å². The van der Waals surface area contributed by atoms with Crippen LogP contribution in [-0.4, -0.2) is 27.4 Å². The fourth-order valence-corrected chi connectivity index (χ4v) is 5.57. The summed E-state index contributed by atoms with van der Waals surface area (Å²) >= 11 is 1.55. The van der Waals surface area contributed by atoms with Gasteiger partial charge in [-0.05, 0) is 74.1 Å². The van der Waals surface area contributed by atoms with Gasteiger partial charge in [-0.15, -0.1) is 11.3 Å². The van der Waals surface area contributed by atoms with Crippen molar-refractivity contribution in [2.45, 2.75) is 38.8 Å². The van der Waals surface area contributed by atoms with E-state index in [0.29, 0.717) is 27.9 Å². The molecule has 0 spiro atoms. The van der Waals surface area contributed by atoms with E-state index in [1.165, 1.54) is 28.2 Å². The normalized spacial score (nSPS) is 13.5. The SMILES string of the molecule is CCOc1cc(C=Nn2cnc3sc4c(c3c2=O)CCCC4)ccc1Oc1ccc(C(F)(F)F)cc1[N+](=O)[O-]. The molecule has 2 aromatic carbocycles.